The van der Waals surface area contributed by atoms with Gasteiger partial charge in [-0.05, 0) is 49.4 Å². The van der Waals surface area contributed by atoms with Gasteiger partial charge in [0.1, 0.15) is 29.5 Å². The molecule has 3 aromatic rings. The first-order valence-corrected chi connectivity index (χ1v) is 8.88. The normalized spacial score (nSPS) is 18.6. The highest BCUT2D eigenvalue weighted by Gasteiger charge is 2.50. The predicted molar refractivity (Wildman–Crippen MR) is 99.1 cm³/mol. The van der Waals surface area contributed by atoms with Crippen molar-refractivity contribution in [1.29, 1.82) is 0 Å². The van der Waals surface area contributed by atoms with Gasteiger partial charge in [0.15, 0.2) is 0 Å². The van der Waals surface area contributed by atoms with Crippen LogP contribution in [-0.4, -0.2) is 34.1 Å². The van der Waals surface area contributed by atoms with E-state index in [-0.39, 0.29) is 23.8 Å². The van der Waals surface area contributed by atoms with Crippen LogP contribution < -0.4 is 10.1 Å². The van der Waals surface area contributed by atoms with Crippen molar-refractivity contribution in [2.24, 2.45) is 0 Å². The SMILES string of the molecule is COc1ccc(-c2noc(CN3C(=O)NC(C)(c4cc(F)ccc4F)C3=O)n2)cc1. The summed E-state index contributed by atoms with van der Waals surface area (Å²) in [6.45, 7) is 0.988. The maximum Gasteiger partial charge on any atom is 0.325 e. The highest BCUT2D eigenvalue weighted by atomic mass is 19.1. The maximum atomic E-state index is 14.2. The summed E-state index contributed by atoms with van der Waals surface area (Å²) in [6, 6.07) is 8.83. The van der Waals surface area contributed by atoms with Gasteiger partial charge >= 0.3 is 6.03 Å². The maximum absolute atomic E-state index is 14.2. The van der Waals surface area contributed by atoms with E-state index in [1.807, 2.05) is 0 Å². The molecule has 3 amide bonds. The number of urea groups is 1. The number of benzene rings is 2. The van der Waals surface area contributed by atoms with Gasteiger partial charge in [-0.2, -0.15) is 4.98 Å². The first-order valence-electron chi connectivity index (χ1n) is 8.88. The third-order valence-electron chi connectivity index (χ3n) is 4.85. The number of hydrogen-bond donors (Lipinski definition) is 1. The molecule has 4 rings (SSSR count). The lowest BCUT2D eigenvalue weighted by atomic mass is 9.91. The number of ether oxygens (including phenoxy) is 1. The summed E-state index contributed by atoms with van der Waals surface area (Å²) in [5, 5.41) is 6.26. The molecule has 1 N–H and O–H groups in total. The van der Waals surface area contributed by atoms with Gasteiger partial charge in [-0.3, -0.25) is 9.69 Å². The van der Waals surface area contributed by atoms with Crippen LogP contribution in [0.25, 0.3) is 11.4 Å². The van der Waals surface area contributed by atoms with E-state index in [0.717, 1.165) is 23.1 Å². The van der Waals surface area contributed by atoms with Crippen LogP contribution in [0.4, 0.5) is 13.6 Å². The number of carbonyl (C=O) groups excluding carboxylic acids is 2. The monoisotopic (exact) mass is 414 g/mol. The summed E-state index contributed by atoms with van der Waals surface area (Å²) in [6.07, 6.45) is 0. The van der Waals surface area contributed by atoms with Crippen LogP contribution in [-0.2, 0) is 16.9 Å². The van der Waals surface area contributed by atoms with E-state index < -0.39 is 29.1 Å². The molecule has 1 aliphatic rings. The van der Waals surface area contributed by atoms with Crippen molar-refractivity contribution >= 4 is 11.9 Å². The molecule has 1 unspecified atom stereocenters. The number of amides is 3. The van der Waals surface area contributed by atoms with Crippen LogP contribution in [0.1, 0.15) is 18.4 Å². The predicted octanol–water partition coefficient (Wildman–Crippen LogP) is 2.99. The number of aromatic nitrogens is 2. The molecule has 0 bridgehead atoms. The quantitative estimate of drug-likeness (QED) is 0.645. The molecule has 2 aromatic carbocycles. The lowest BCUT2D eigenvalue weighted by Gasteiger charge is -2.22. The minimum Gasteiger partial charge on any atom is -0.497 e. The second kappa shape index (κ2) is 7.21. The molecule has 30 heavy (non-hydrogen) atoms. The third kappa shape index (κ3) is 3.25. The smallest absolute Gasteiger partial charge is 0.325 e. The van der Waals surface area contributed by atoms with Gasteiger partial charge in [0.2, 0.25) is 11.7 Å². The molecule has 2 heterocycles. The van der Waals surface area contributed by atoms with E-state index in [0.29, 0.717) is 11.3 Å². The van der Waals surface area contributed by atoms with Crippen LogP contribution in [0.15, 0.2) is 47.0 Å². The largest absolute Gasteiger partial charge is 0.497 e. The van der Waals surface area contributed by atoms with E-state index in [4.69, 9.17) is 9.26 Å². The van der Waals surface area contributed by atoms with E-state index >= 15 is 0 Å². The molecule has 1 fully saturated rings. The first kappa shape index (κ1) is 19.5. The lowest BCUT2D eigenvalue weighted by molar-refractivity contribution is -0.131. The first-order chi connectivity index (χ1) is 14.3. The number of methoxy groups -OCH3 is 1. The summed E-state index contributed by atoms with van der Waals surface area (Å²) in [5.41, 5.74) is -1.38. The van der Waals surface area contributed by atoms with Crippen molar-refractivity contribution in [3.8, 4) is 17.1 Å². The number of nitrogens with zero attached hydrogens (tertiary/aromatic N) is 3. The minimum absolute atomic E-state index is 0.00767. The standard InChI is InChI=1S/C20H16F2N4O4/c1-20(14-9-12(21)5-8-15(14)22)18(27)26(19(28)24-20)10-16-23-17(25-30-16)11-3-6-13(29-2)7-4-11/h3-9H,10H2,1-2H3,(H,24,28). The number of rotatable bonds is 5. The summed E-state index contributed by atoms with van der Waals surface area (Å²) in [7, 11) is 1.54. The van der Waals surface area contributed by atoms with Crippen molar-refractivity contribution in [1.82, 2.24) is 20.4 Å². The van der Waals surface area contributed by atoms with E-state index in [9.17, 15) is 18.4 Å². The van der Waals surface area contributed by atoms with Gasteiger partial charge in [-0.15, -0.1) is 0 Å². The number of halogens is 2. The lowest BCUT2D eigenvalue weighted by Crippen LogP contribution is -2.41. The highest BCUT2D eigenvalue weighted by Crippen LogP contribution is 2.32. The number of carbonyl (C=O) groups is 2. The van der Waals surface area contributed by atoms with E-state index in [1.54, 1.807) is 31.4 Å². The topological polar surface area (TPSA) is 97.6 Å². The molecule has 0 spiro atoms. The fourth-order valence-electron chi connectivity index (χ4n) is 3.22. The molecule has 1 atom stereocenters. The summed E-state index contributed by atoms with van der Waals surface area (Å²) in [4.78, 5) is 30.3. The van der Waals surface area contributed by atoms with Crippen molar-refractivity contribution in [3.05, 3.63) is 65.6 Å². The molecule has 1 aliphatic heterocycles. The Morgan fingerprint density at radius 1 is 1.17 bits per heavy atom. The summed E-state index contributed by atoms with van der Waals surface area (Å²) in [5.74, 6) is -1.37. The molecule has 1 saturated heterocycles. The van der Waals surface area contributed by atoms with Gasteiger partial charge in [0.05, 0.1) is 7.11 Å². The molecule has 8 nitrogen and oxygen atoms in total. The van der Waals surface area contributed by atoms with E-state index in [2.05, 4.69) is 15.5 Å². The van der Waals surface area contributed by atoms with Crippen LogP contribution in [0.2, 0.25) is 0 Å². The minimum atomic E-state index is -1.76. The van der Waals surface area contributed by atoms with Gasteiger partial charge in [0, 0.05) is 11.1 Å². The third-order valence-corrected chi connectivity index (χ3v) is 4.85. The Morgan fingerprint density at radius 2 is 1.90 bits per heavy atom. The fourth-order valence-corrected chi connectivity index (χ4v) is 3.22. The number of imide groups is 1. The Bertz CT molecular complexity index is 1130. The fraction of sp³-hybridized carbons (Fsp3) is 0.200. The van der Waals surface area contributed by atoms with Crippen molar-refractivity contribution in [3.63, 3.8) is 0 Å². The zero-order chi connectivity index (χ0) is 21.5. The Balaban J connectivity index is 1.57. The molecule has 10 heteroatoms. The summed E-state index contributed by atoms with van der Waals surface area (Å²) < 4.78 is 38.1. The average molecular weight is 414 g/mol. The molecule has 1 aromatic heterocycles. The molecule has 0 aliphatic carbocycles. The zero-order valence-corrected chi connectivity index (χ0v) is 16.0. The van der Waals surface area contributed by atoms with Gasteiger partial charge < -0.3 is 14.6 Å². The highest BCUT2D eigenvalue weighted by molar-refractivity contribution is 6.07. The van der Waals surface area contributed by atoms with Crippen molar-refractivity contribution < 1.29 is 27.6 Å². The number of nitrogens with one attached hydrogen (secondary N) is 1. The molecule has 0 saturated carbocycles. The average Bonchev–Trinajstić information content (AvgIpc) is 3.29. The molecular formula is C20H16F2N4O4. The second-order valence-electron chi connectivity index (χ2n) is 6.81. The van der Waals surface area contributed by atoms with Crippen LogP contribution in [0.3, 0.4) is 0 Å². The molecule has 0 radical (unpaired) electrons. The van der Waals surface area contributed by atoms with Gasteiger partial charge in [0.25, 0.3) is 5.91 Å². The molecular weight excluding hydrogens is 398 g/mol. The Hall–Kier alpha value is -3.82. The Morgan fingerprint density at radius 3 is 2.60 bits per heavy atom. The number of hydrogen-bond acceptors (Lipinski definition) is 6. The van der Waals surface area contributed by atoms with Gasteiger partial charge in [-0.1, -0.05) is 5.16 Å². The van der Waals surface area contributed by atoms with Crippen molar-refractivity contribution in [2.75, 3.05) is 7.11 Å². The Kier molecular flexibility index (Phi) is 4.69. The van der Waals surface area contributed by atoms with Crippen LogP contribution in [0.5, 0.6) is 5.75 Å². The zero-order valence-electron chi connectivity index (χ0n) is 16.0. The van der Waals surface area contributed by atoms with Crippen molar-refractivity contribution in [2.45, 2.75) is 19.0 Å². The van der Waals surface area contributed by atoms with E-state index in [1.165, 1.54) is 6.92 Å². The summed E-state index contributed by atoms with van der Waals surface area (Å²) >= 11 is 0. The Labute approximate surface area is 169 Å². The van der Waals surface area contributed by atoms with Gasteiger partial charge in [-0.25, -0.2) is 13.6 Å². The van der Waals surface area contributed by atoms with Crippen LogP contribution in [0, 0.1) is 11.6 Å². The molecule has 154 valence electrons. The van der Waals surface area contributed by atoms with Crippen LogP contribution >= 0.6 is 0 Å². The second-order valence-corrected chi connectivity index (χ2v) is 6.81.